The van der Waals surface area contributed by atoms with Crippen LogP contribution in [-0.2, 0) is 0 Å². The summed E-state index contributed by atoms with van der Waals surface area (Å²) < 4.78 is 30.8. The summed E-state index contributed by atoms with van der Waals surface area (Å²) in [6.45, 7) is 4.95. The van der Waals surface area contributed by atoms with Gasteiger partial charge in [-0.2, -0.15) is 0 Å². The molecule has 1 saturated heterocycles. The first-order valence-corrected chi connectivity index (χ1v) is 12.3. The van der Waals surface area contributed by atoms with Crippen molar-refractivity contribution in [3.8, 4) is 0 Å². The molecule has 2 N–H and O–H groups in total. The number of halogens is 2. The summed E-state index contributed by atoms with van der Waals surface area (Å²) in [5.41, 5.74) is 0.289. The van der Waals surface area contributed by atoms with Gasteiger partial charge in [-0.15, -0.1) is 0 Å². The molecule has 2 heterocycles. The Labute approximate surface area is 202 Å². The Morgan fingerprint density at radius 1 is 1.18 bits per heavy atom. The first-order valence-electron chi connectivity index (χ1n) is 11.5. The summed E-state index contributed by atoms with van der Waals surface area (Å²) in [6, 6.07) is 13.9. The third-order valence-electron chi connectivity index (χ3n) is 6.17. The second-order valence-corrected chi connectivity index (χ2v) is 10.1. The second kappa shape index (κ2) is 10.3. The van der Waals surface area contributed by atoms with Crippen LogP contribution in [0.25, 0.3) is 10.9 Å². The number of fused-ring (bicyclic) bond motifs is 1. The number of piperidine rings is 1. The highest BCUT2D eigenvalue weighted by Crippen LogP contribution is 2.34. The molecule has 0 atom stereocenters. The third kappa shape index (κ3) is 5.50. The Balaban J connectivity index is 1.48. The Kier molecular flexibility index (Phi) is 7.38. The second-order valence-electron chi connectivity index (χ2n) is 9.25. The Hall–Kier alpha value is -2.71. The van der Waals surface area contributed by atoms with E-state index in [0.29, 0.717) is 38.3 Å². The van der Waals surface area contributed by atoms with E-state index >= 15 is 0 Å². The van der Waals surface area contributed by atoms with Crippen molar-refractivity contribution in [1.82, 2.24) is 9.88 Å². The SMILES string of the molecule is CC(C)CC1(O)CCN(C(=O)c2ccc(NSc3cccc4cccnc34)c(C(F)F)c2)CC1. The van der Waals surface area contributed by atoms with E-state index in [9.17, 15) is 18.7 Å². The van der Waals surface area contributed by atoms with Crippen LogP contribution in [0.2, 0.25) is 0 Å². The molecular formula is C26H29F2N3O2S. The number of hydrogen-bond acceptors (Lipinski definition) is 5. The van der Waals surface area contributed by atoms with Gasteiger partial charge in [-0.25, -0.2) is 8.78 Å². The first kappa shape index (κ1) is 24.4. The highest BCUT2D eigenvalue weighted by atomic mass is 32.2. The highest BCUT2D eigenvalue weighted by molar-refractivity contribution is 8.00. The number of carbonyl (C=O) groups is 1. The predicted octanol–water partition coefficient (Wildman–Crippen LogP) is 6.30. The topological polar surface area (TPSA) is 65.5 Å². The predicted molar refractivity (Wildman–Crippen MR) is 132 cm³/mol. The number of para-hydroxylation sites is 1. The minimum absolute atomic E-state index is 0.222. The van der Waals surface area contributed by atoms with Gasteiger partial charge in [-0.05, 0) is 67.5 Å². The largest absolute Gasteiger partial charge is 0.390 e. The van der Waals surface area contributed by atoms with E-state index in [0.717, 1.165) is 15.8 Å². The molecule has 0 unspecified atom stereocenters. The Morgan fingerprint density at radius 3 is 2.62 bits per heavy atom. The molecule has 5 nitrogen and oxygen atoms in total. The molecule has 1 fully saturated rings. The monoisotopic (exact) mass is 485 g/mol. The summed E-state index contributed by atoms with van der Waals surface area (Å²) in [6.07, 6.45) is 0.636. The number of aromatic nitrogens is 1. The van der Waals surface area contributed by atoms with Crippen LogP contribution in [0.4, 0.5) is 14.5 Å². The molecule has 0 saturated carbocycles. The third-order valence-corrected chi connectivity index (χ3v) is 7.04. The van der Waals surface area contributed by atoms with E-state index < -0.39 is 12.0 Å². The molecule has 1 amide bonds. The molecule has 0 radical (unpaired) electrons. The molecule has 180 valence electrons. The number of pyridine rings is 1. The number of alkyl halides is 2. The van der Waals surface area contributed by atoms with Crippen LogP contribution < -0.4 is 4.72 Å². The van der Waals surface area contributed by atoms with Crippen LogP contribution in [-0.4, -0.2) is 39.6 Å². The lowest BCUT2D eigenvalue weighted by atomic mass is 9.84. The van der Waals surface area contributed by atoms with Gasteiger partial charge in [0.15, 0.2) is 0 Å². The minimum atomic E-state index is -2.74. The van der Waals surface area contributed by atoms with Gasteiger partial charge in [-0.3, -0.25) is 9.78 Å². The van der Waals surface area contributed by atoms with Crippen LogP contribution in [0.15, 0.2) is 59.6 Å². The van der Waals surface area contributed by atoms with E-state index in [1.807, 2.05) is 30.3 Å². The summed E-state index contributed by atoms with van der Waals surface area (Å²) in [5.74, 6) is 0.0781. The molecule has 1 aliphatic rings. The lowest BCUT2D eigenvalue weighted by Crippen LogP contribution is -2.47. The number of likely N-dealkylation sites (tertiary alicyclic amines) is 1. The van der Waals surface area contributed by atoms with Crippen molar-refractivity contribution in [3.63, 3.8) is 0 Å². The zero-order chi connectivity index (χ0) is 24.3. The number of benzene rings is 2. The number of carbonyl (C=O) groups excluding carboxylic acids is 1. The van der Waals surface area contributed by atoms with Crippen molar-refractivity contribution >= 4 is 34.4 Å². The number of hydrogen-bond donors (Lipinski definition) is 2. The molecule has 4 rings (SSSR count). The average Bonchev–Trinajstić information content (AvgIpc) is 2.82. The van der Waals surface area contributed by atoms with Crippen molar-refractivity contribution in [2.45, 2.75) is 50.0 Å². The van der Waals surface area contributed by atoms with Crippen LogP contribution in [0.1, 0.15) is 55.5 Å². The van der Waals surface area contributed by atoms with Gasteiger partial charge in [0, 0.05) is 35.8 Å². The molecule has 1 aliphatic heterocycles. The van der Waals surface area contributed by atoms with E-state index in [1.54, 1.807) is 17.2 Å². The fraction of sp³-hybridized carbons (Fsp3) is 0.385. The smallest absolute Gasteiger partial charge is 0.265 e. The van der Waals surface area contributed by atoms with Crippen molar-refractivity contribution in [2.75, 3.05) is 17.8 Å². The van der Waals surface area contributed by atoms with Crippen LogP contribution in [0, 0.1) is 5.92 Å². The number of nitrogens with zero attached hydrogens (tertiary/aromatic N) is 2. The zero-order valence-electron chi connectivity index (χ0n) is 19.3. The summed E-state index contributed by atoms with van der Waals surface area (Å²) >= 11 is 1.21. The molecule has 8 heteroatoms. The highest BCUT2D eigenvalue weighted by Gasteiger charge is 2.34. The zero-order valence-corrected chi connectivity index (χ0v) is 20.1. The molecule has 0 aliphatic carbocycles. The van der Waals surface area contributed by atoms with Gasteiger partial charge in [0.2, 0.25) is 0 Å². The van der Waals surface area contributed by atoms with E-state index in [-0.39, 0.29) is 22.7 Å². The maximum absolute atomic E-state index is 13.9. The normalized spacial score (nSPS) is 15.8. The maximum atomic E-state index is 13.9. The van der Waals surface area contributed by atoms with Gasteiger partial charge in [-0.1, -0.05) is 32.0 Å². The molecule has 3 aromatic rings. The number of amides is 1. The van der Waals surface area contributed by atoms with Gasteiger partial charge >= 0.3 is 0 Å². The molecule has 2 aromatic carbocycles. The van der Waals surface area contributed by atoms with Gasteiger partial charge < -0.3 is 14.7 Å². The van der Waals surface area contributed by atoms with Crippen molar-refractivity contribution in [3.05, 3.63) is 65.9 Å². The Morgan fingerprint density at radius 2 is 1.91 bits per heavy atom. The van der Waals surface area contributed by atoms with Crippen LogP contribution in [0.3, 0.4) is 0 Å². The average molecular weight is 486 g/mol. The van der Waals surface area contributed by atoms with Crippen LogP contribution in [0.5, 0.6) is 0 Å². The maximum Gasteiger partial charge on any atom is 0.265 e. The van der Waals surface area contributed by atoms with E-state index in [4.69, 9.17) is 0 Å². The number of nitrogens with one attached hydrogen (secondary N) is 1. The molecule has 1 aromatic heterocycles. The lowest BCUT2D eigenvalue weighted by Gasteiger charge is -2.39. The first-order chi connectivity index (χ1) is 16.3. The molecular weight excluding hydrogens is 456 g/mol. The molecule has 0 bridgehead atoms. The molecule has 0 spiro atoms. The van der Waals surface area contributed by atoms with Crippen molar-refractivity contribution < 1.29 is 18.7 Å². The fourth-order valence-electron chi connectivity index (χ4n) is 4.51. The summed E-state index contributed by atoms with van der Waals surface area (Å²) in [5, 5.41) is 11.7. The van der Waals surface area contributed by atoms with Crippen molar-refractivity contribution in [1.29, 1.82) is 0 Å². The standard InChI is InChI=1S/C26H29F2N3O2S/c1-17(2)16-26(33)10-13-31(14-11-26)25(32)19-8-9-21(20(15-19)24(27)28)30-34-22-7-3-5-18-6-4-12-29-23(18)22/h3-9,12,15,17,24,30,33H,10-11,13-14,16H2,1-2H3. The number of rotatable bonds is 7. The Bertz CT molecular complexity index is 1160. The fourth-order valence-corrected chi connectivity index (χ4v) is 5.33. The van der Waals surface area contributed by atoms with Gasteiger partial charge in [0.25, 0.3) is 12.3 Å². The summed E-state index contributed by atoms with van der Waals surface area (Å²) in [7, 11) is 0. The lowest BCUT2D eigenvalue weighted by molar-refractivity contribution is -0.0311. The van der Waals surface area contributed by atoms with Crippen molar-refractivity contribution in [2.24, 2.45) is 5.92 Å². The van der Waals surface area contributed by atoms with Gasteiger partial charge in [0.05, 0.1) is 21.7 Å². The van der Waals surface area contributed by atoms with E-state index in [2.05, 4.69) is 23.6 Å². The number of anilines is 1. The summed E-state index contributed by atoms with van der Waals surface area (Å²) in [4.78, 5) is 19.9. The minimum Gasteiger partial charge on any atom is -0.390 e. The number of aliphatic hydroxyl groups is 1. The molecule has 34 heavy (non-hydrogen) atoms. The van der Waals surface area contributed by atoms with Gasteiger partial charge in [0.1, 0.15) is 0 Å². The quantitative estimate of drug-likeness (QED) is 0.384. The van der Waals surface area contributed by atoms with E-state index in [1.165, 1.54) is 24.1 Å². The van der Waals surface area contributed by atoms with Crippen LogP contribution >= 0.6 is 11.9 Å².